The van der Waals surface area contributed by atoms with Crippen molar-refractivity contribution in [3.8, 4) is 0 Å². The Morgan fingerprint density at radius 1 is 1.12 bits per heavy atom. The molecule has 136 valence electrons. The fourth-order valence-corrected chi connectivity index (χ4v) is 3.69. The van der Waals surface area contributed by atoms with E-state index in [9.17, 15) is 0 Å². The summed E-state index contributed by atoms with van der Waals surface area (Å²) in [6, 6.07) is 5.83. The summed E-state index contributed by atoms with van der Waals surface area (Å²) >= 11 is 6.10. The maximum Gasteiger partial charge on any atom is 0.139 e. The molecule has 26 heavy (non-hydrogen) atoms. The van der Waals surface area contributed by atoms with Crippen LogP contribution in [0, 0.1) is 0 Å². The Labute approximate surface area is 158 Å². The molecule has 0 saturated carbocycles. The third-order valence-corrected chi connectivity index (χ3v) is 5.12. The maximum atomic E-state index is 6.10. The van der Waals surface area contributed by atoms with E-state index in [0.717, 1.165) is 62.4 Å². The quantitative estimate of drug-likeness (QED) is 0.705. The molecule has 0 bridgehead atoms. The SMILES string of the molecule is CCn1cc(CN2CCCN(c3ncnc4cc(Cl)ccc34)CC2)cn1. The lowest BCUT2D eigenvalue weighted by molar-refractivity contribution is 0.285. The molecule has 1 aliphatic rings. The summed E-state index contributed by atoms with van der Waals surface area (Å²) in [6.07, 6.45) is 6.87. The molecule has 0 aliphatic carbocycles. The molecule has 2 aromatic heterocycles. The molecule has 0 atom stereocenters. The van der Waals surface area contributed by atoms with Crippen LogP contribution < -0.4 is 4.90 Å². The second kappa shape index (κ2) is 7.60. The van der Waals surface area contributed by atoms with Gasteiger partial charge >= 0.3 is 0 Å². The molecular weight excluding hydrogens is 348 g/mol. The van der Waals surface area contributed by atoms with E-state index in [4.69, 9.17) is 11.6 Å². The van der Waals surface area contributed by atoms with Gasteiger partial charge in [0.15, 0.2) is 0 Å². The largest absolute Gasteiger partial charge is 0.355 e. The summed E-state index contributed by atoms with van der Waals surface area (Å²) in [5, 5.41) is 6.15. The van der Waals surface area contributed by atoms with E-state index in [-0.39, 0.29) is 0 Å². The summed E-state index contributed by atoms with van der Waals surface area (Å²) in [6.45, 7) is 8.03. The minimum atomic E-state index is 0.705. The number of rotatable bonds is 4. The van der Waals surface area contributed by atoms with E-state index < -0.39 is 0 Å². The Balaban J connectivity index is 1.48. The number of halogens is 1. The molecule has 3 aromatic rings. The standard InChI is InChI=1S/C19H23ClN6/c1-2-26-13-15(11-23-26)12-24-6-3-7-25(9-8-24)19-17-5-4-16(20)10-18(17)21-14-22-19/h4-5,10-11,13-14H,2-3,6-9,12H2,1H3. The Bertz CT molecular complexity index is 893. The number of fused-ring (bicyclic) bond motifs is 1. The molecule has 0 spiro atoms. The molecule has 6 nitrogen and oxygen atoms in total. The minimum Gasteiger partial charge on any atom is -0.355 e. The highest BCUT2D eigenvalue weighted by molar-refractivity contribution is 6.31. The summed E-state index contributed by atoms with van der Waals surface area (Å²) in [5.41, 5.74) is 2.18. The van der Waals surface area contributed by atoms with Crippen molar-refractivity contribution >= 4 is 28.3 Å². The first kappa shape index (κ1) is 17.2. The van der Waals surface area contributed by atoms with Crippen molar-refractivity contribution in [1.29, 1.82) is 0 Å². The summed E-state index contributed by atoms with van der Waals surface area (Å²) in [5.74, 6) is 1.01. The van der Waals surface area contributed by atoms with Crippen LogP contribution in [0.4, 0.5) is 5.82 Å². The van der Waals surface area contributed by atoms with Crippen LogP contribution in [-0.4, -0.2) is 50.8 Å². The van der Waals surface area contributed by atoms with Crippen LogP contribution in [0.2, 0.25) is 5.02 Å². The van der Waals surface area contributed by atoms with Crippen molar-refractivity contribution in [3.05, 3.63) is 47.5 Å². The first-order valence-electron chi connectivity index (χ1n) is 9.12. The first-order chi connectivity index (χ1) is 12.7. The van der Waals surface area contributed by atoms with E-state index >= 15 is 0 Å². The van der Waals surface area contributed by atoms with E-state index in [1.807, 2.05) is 29.1 Å². The monoisotopic (exact) mass is 370 g/mol. The van der Waals surface area contributed by atoms with Gasteiger partial charge in [0, 0.05) is 61.4 Å². The topological polar surface area (TPSA) is 50.1 Å². The van der Waals surface area contributed by atoms with Gasteiger partial charge in [-0.25, -0.2) is 9.97 Å². The summed E-state index contributed by atoms with van der Waals surface area (Å²) in [4.78, 5) is 13.8. The second-order valence-electron chi connectivity index (χ2n) is 6.68. The van der Waals surface area contributed by atoms with Crippen LogP contribution in [-0.2, 0) is 13.1 Å². The average Bonchev–Trinajstić information content (AvgIpc) is 2.98. The van der Waals surface area contributed by atoms with Gasteiger partial charge in [0.2, 0.25) is 0 Å². The molecule has 0 N–H and O–H groups in total. The van der Waals surface area contributed by atoms with Crippen molar-refractivity contribution in [2.24, 2.45) is 0 Å². The highest BCUT2D eigenvalue weighted by atomic mass is 35.5. The lowest BCUT2D eigenvalue weighted by Gasteiger charge is -2.23. The molecule has 1 fully saturated rings. The van der Waals surface area contributed by atoms with Gasteiger partial charge in [-0.2, -0.15) is 5.10 Å². The van der Waals surface area contributed by atoms with Crippen molar-refractivity contribution in [2.75, 3.05) is 31.1 Å². The Morgan fingerprint density at radius 3 is 2.88 bits per heavy atom. The normalized spacial score (nSPS) is 16.2. The van der Waals surface area contributed by atoms with E-state index in [2.05, 4.69) is 38.0 Å². The molecule has 4 rings (SSSR count). The van der Waals surface area contributed by atoms with Gasteiger partial charge in [-0.05, 0) is 31.5 Å². The third kappa shape index (κ3) is 3.66. The molecule has 0 amide bonds. The zero-order chi connectivity index (χ0) is 17.9. The highest BCUT2D eigenvalue weighted by Gasteiger charge is 2.18. The van der Waals surface area contributed by atoms with Gasteiger partial charge in [-0.1, -0.05) is 11.6 Å². The lowest BCUT2D eigenvalue weighted by atomic mass is 10.2. The van der Waals surface area contributed by atoms with Crippen LogP contribution in [0.15, 0.2) is 36.9 Å². The molecule has 0 radical (unpaired) electrons. The fraction of sp³-hybridized carbons (Fsp3) is 0.421. The van der Waals surface area contributed by atoms with Crippen molar-refractivity contribution in [3.63, 3.8) is 0 Å². The van der Waals surface area contributed by atoms with Crippen LogP contribution in [0.1, 0.15) is 18.9 Å². The van der Waals surface area contributed by atoms with Crippen LogP contribution in [0.3, 0.4) is 0 Å². The number of hydrogen-bond donors (Lipinski definition) is 0. The molecule has 3 heterocycles. The smallest absolute Gasteiger partial charge is 0.139 e. The first-order valence-corrected chi connectivity index (χ1v) is 9.49. The van der Waals surface area contributed by atoms with Gasteiger partial charge in [0.1, 0.15) is 12.1 Å². The van der Waals surface area contributed by atoms with Gasteiger partial charge in [0.05, 0.1) is 11.7 Å². The van der Waals surface area contributed by atoms with Crippen molar-refractivity contribution < 1.29 is 0 Å². The number of anilines is 1. The zero-order valence-corrected chi connectivity index (χ0v) is 15.7. The van der Waals surface area contributed by atoms with Gasteiger partial charge in [0.25, 0.3) is 0 Å². The number of benzene rings is 1. The third-order valence-electron chi connectivity index (χ3n) is 4.88. The number of hydrogen-bond acceptors (Lipinski definition) is 5. The Morgan fingerprint density at radius 2 is 2.04 bits per heavy atom. The molecular formula is C19H23ClN6. The predicted molar refractivity (Wildman–Crippen MR) is 105 cm³/mol. The van der Waals surface area contributed by atoms with Crippen LogP contribution >= 0.6 is 11.6 Å². The number of nitrogens with zero attached hydrogens (tertiary/aromatic N) is 6. The molecule has 1 saturated heterocycles. The Hall–Kier alpha value is -2.18. The predicted octanol–water partition coefficient (Wildman–Crippen LogP) is 3.21. The molecule has 7 heteroatoms. The van der Waals surface area contributed by atoms with Crippen LogP contribution in [0.25, 0.3) is 10.9 Å². The van der Waals surface area contributed by atoms with Gasteiger partial charge < -0.3 is 4.90 Å². The Kier molecular flexibility index (Phi) is 5.04. The zero-order valence-electron chi connectivity index (χ0n) is 15.0. The van der Waals surface area contributed by atoms with E-state index in [1.165, 1.54) is 5.56 Å². The molecule has 0 unspecified atom stereocenters. The number of aromatic nitrogens is 4. The lowest BCUT2D eigenvalue weighted by Crippen LogP contribution is -2.31. The molecule has 1 aromatic carbocycles. The maximum absolute atomic E-state index is 6.10. The van der Waals surface area contributed by atoms with E-state index in [1.54, 1.807) is 6.33 Å². The highest BCUT2D eigenvalue weighted by Crippen LogP contribution is 2.26. The van der Waals surface area contributed by atoms with Crippen LogP contribution in [0.5, 0.6) is 0 Å². The number of aryl methyl sites for hydroxylation is 1. The average molecular weight is 371 g/mol. The molecule has 1 aliphatic heterocycles. The minimum absolute atomic E-state index is 0.705. The van der Waals surface area contributed by atoms with Crippen molar-refractivity contribution in [2.45, 2.75) is 26.4 Å². The fourth-order valence-electron chi connectivity index (χ4n) is 3.53. The second-order valence-corrected chi connectivity index (χ2v) is 7.12. The summed E-state index contributed by atoms with van der Waals surface area (Å²) < 4.78 is 1.98. The van der Waals surface area contributed by atoms with E-state index in [0.29, 0.717) is 5.02 Å². The summed E-state index contributed by atoms with van der Waals surface area (Å²) in [7, 11) is 0. The van der Waals surface area contributed by atoms with Gasteiger partial charge in [-0.3, -0.25) is 9.58 Å². The van der Waals surface area contributed by atoms with Gasteiger partial charge in [-0.15, -0.1) is 0 Å². The van der Waals surface area contributed by atoms with Crippen molar-refractivity contribution in [1.82, 2.24) is 24.6 Å².